The van der Waals surface area contributed by atoms with Crippen LogP contribution in [-0.2, 0) is 11.3 Å². The fourth-order valence-corrected chi connectivity index (χ4v) is 4.50. The lowest BCUT2D eigenvalue weighted by Crippen LogP contribution is -2.44. The Morgan fingerprint density at radius 3 is 2.56 bits per heavy atom. The van der Waals surface area contributed by atoms with Gasteiger partial charge >= 0.3 is 0 Å². The first-order valence-corrected chi connectivity index (χ1v) is 11.6. The summed E-state index contributed by atoms with van der Waals surface area (Å²) < 4.78 is 0. The van der Waals surface area contributed by atoms with E-state index in [-0.39, 0.29) is 12.4 Å². The van der Waals surface area contributed by atoms with E-state index in [1.54, 1.807) is 23.5 Å². The van der Waals surface area contributed by atoms with Crippen LogP contribution in [0.4, 0.5) is 5.69 Å². The maximum absolute atomic E-state index is 13.9. The third kappa shape index (κ3) is 3.94. The molecule has 3 aromatic carbocycles. The normalized spacial score (nSPS) is 15.3. The molecule has 2 aromatic heterocycles. The highest BCUT2D eigenvalue weighted by Gasteiger charge is 2.32. The van der Waals surface area contributed by atoms with Gasteiger partial charge in [0.15, 0.2) is 5.84 Å². The number of fused-ring (bicyclic) bond motifs is 2. The molecule has 8 heteroatoms. The van der Waals surface area contributed by atoms with E-state index in [0.717, 1.165) is 33.4 Å². The second kappa shape index (κ2) is 8.99. The third-order valence-electron chi connectivity index (χ3n) is 6.23. The quantitative estimate of drug-likeness (QED) is 0.360. The van der Waals surface area contributed by atoms with Crippen molar-refractivity contribution < 1.29 is 9.59 Å². The lowest BCUT2D eigenvalue weighted by atomic mass is 9.97. The molecule has 3 N–H and O–H groups in total. The number of hydrogen-bond donors (Lipinski definition) is 3. The molecule has 1 aliphatic rings. The summed E-state index contributed by atoms with van der Waals surface area (Å²) in [6.07, 6.45) is 3.25. The first-order valence-electron chi connectivity index (χ1n) is 11.6. The smallest absolute Gasteiger partial charge is 0.294 e. The van der Waals surface area contributed by atoms with Gasteiger partial charge in [-0.25, -0.2) is 4.98 Å². The number of imidazole rings is 1. The number of carbonyl (C=O) groups excluding carboxylic acids is 2. The SMILES string of the molecule is O=C(NC1=NC(c2ccccc2)c2ccccc2N(Cc2cnc[nH]2)C1=O)c1cc2ccccc2[nH]1. The number of anilines is 1. The van der Waals surface area contributed by atoms with E-state index < -0.39 is 17.9 Å². The van der Waals surface area contributed by atoms with Crippen molar-refractivity contribution in [3.05, 3.63) is 120 Å². The van der Waals surface area contributed by atoms with Crippen LogP contribution in [0.2, 0.25) is 0 Å². The van der Waals surface area contributed by atoms with E-state index in [0.29, 0.717) is 5.69 Å². The monoisotopic (exact) mass is 474 g/mol. The Kier molecular flexibility index (Phi) is 5.38. The van der Waals surface area contributed by atoms with Gasteiger partial charge in [-0.15, -0.1) is 0 Å². The predicted molar refractivity (Wildman–Crippen MR) is 138 cm³/mol. The first-order chi connectivity index (χ1) is 17.7. The molecule has 1 aliphatic heterocycles. The Bertz CT molecular complexity index is 1550. The van der Waals surface area contributed by atoms with Gasteiger partial charge in [0.1, 0.15) is 11.7 Å². The van der Waals surface area contributed by atoms with Gasteiger partial charge in [-0.05, 0) is 23.8 Å². The molecule has 5 aromatic rings. The van der Waals surface area contributed by atoms with Crippen LogP contribution in [0.1, 0.15) is 33.4 Å². The highest BCUT2D eigenvalue weighted by atomic mass is 16.2. The molecule has 3 heterocycles. The number of aliphatic imine (C=N–C) groups is 1. The Balaban J connectivity index is 1.44. The van der Waals surface area contributed by atoms with Crippen molar-refractivity contribution in [2.75, 3.05) is 4.90 Å². The molecule has 1 unspecified atom stereocenters. The number of aromatic nitrogens is 3. The van der Waals surface area contributed by atoms with E-state index >= 15 is 0 Å². The summed E-state index contributed by atoms with van der Waals surface area (Å²) in [5.41, 5.74) is 4.46. The molecule has 6 rings (SSSR count). The van der Waals surface area contributed by atoms with Gasteiger partial charge in [0.05, 0.1) is 24.3 Å². The van der Waals surface area contributed by atoms with Crippen LogP contribution in [0.25, 0.3) is 10.9 Å². The zero-order chi connectivity index (χ0) is 24.5. The maximum atomic E-state index is 13.9. The summed E-state index contributed by atoms with van der Waals surface area (Å²) in [6, 6.07) is 26.3. The van der Waals surface area contributed by atoms with Crippen LogP contribution in [-0.4, -0.2) is 32.6 Å². The molecule has 0 bridgehead atoms. The van der Waals surface area contributed by atoms with E-state index in [2.05, 4.69) is 20.3 Å². The molecule has 0 spiro atoms. The van der Waals surface area contributed by atoms with Gasteiger partial charge in [0.2, 0.25) is 0 Å². The molecule has 8 nitrogen and oxygen atoms in total. The average molecular weight is 475 g/mol. The van der Waals surface area contributed by atoms with Crippen LogP contribution >= 0.6 is 0 Å². The van der Waals surface area contributed by atoms with Crippen molar-refractivity contribution in [3.63, 3.8) is 0 Å². The fraction of sp³-hybridized carbons (Fsp3) is 0.0714. The molecule has 0 saturated carbocycles. The van der Waals surface area contributed by atoms with Gasteiger partial charge in [-0.2, -0.15) is 0 Å². The molecule has 0 aliphatic carbocycles. The van der Waals surface area contributed by atoms with Crippen molar-refractivity contribution >= 4 is 34.2 Å². The third-order valence-corrected chi connectivity index (χ3v) is 6.23. The maximum Gasteiger partial charge on any atom is 0.294 e. The molecular weight excluding hydrogens is 452 g/mol. The Labute approximate surface area is 206 Å². The summed E-state index contributed by atoms with van der Waals surface area (Å²) in [7, 11) is 0. The number of nitrogens with one attached hydrogen (secondary N) is 3. The lowest BCUT2D eigenvalue weighted by Gasteiger charge is -2.23. The minimum absolute atomic E-state index is 0.0248. The minimum atomic E-state index is -0.476. The van der Waals surface area contributed by atoms with Crippen LogP contribution in [0.3, 0.4) is 0 Å². The van der Waals surface area contributed by atoms with Crippen LogP contribution < -0.4 is 10.2 Å². The van der Waals surface area contributed by atoms with Crippen molar-refractivity contribution in [1.82, 2.24) is 20.3 Å². The molecule has 0 saturated heterocycles. The summed E-state index contributed by atoms with van der Waals surface area (Å²) >= 11 is 0. The van der Waals surface area contributed by atoms with Gasteiger partial charge in [0, 0.05) is 22.7 Å². The topological polar surface area (TPSA) is 106 Å². The van der Waals surface area contributed by atoms with Crippen LogP contribution in [0, 0.1) is 0 Å². The Morgan fingerprint density at radius 1 is 0.972 bits per heavy atom. The Morgan fingerprint density at radius 2 is 1.75 bits per heavy atom. The van der Waals surface area contributed by atoms with E-state index in [1.807, 2.05) is 78.9 Å². The standard InChI is InChI=1S/C28H22N6O2/c35-27(23-14-19-10-4-6-12-22(19)31-23)33-26-28(36)34(16-20-15-29-17-30-20)24-13-7-5-11-21(24)25(32-26)18-8-2-1-3-9-18/h1-15,17,25,31H,16H2,(H,29,30)(H,32,33,35). The van der Waals surface area contributed by atoms with E-state index in [1.165, 1.54) is 0 Å². The zero-order valence-electron chi connectivity index (χ0n) is 19.2. The molecular formula is C28H22N6O2. The number of aromatic amines is 2. The van der Waals surface area contributed by atoms with Gasteiger partial charge in [0.25, 0.3) is 11.8 Å². The lowest BCUT2D eigenvalue weighted by molar-refractivity contribution is -0.112. The number of amides is 2. The van der Waals surface area contributed by atoms with Gasteiger partial charge in [-0.3, -0.25) is 19.5 Å². The van der Waals surface area contributed by atoms with E-state index in [9.17, 15) is 9.59 Å². The molecule has 36 heavy (non-hydrogen) atoms. The summed E-state index contributed by atoms with van der Waals surface area (Å²) in [5.74, 6) is -0.860. The van der Waals surface area contributed by atoms with E-state index in [4.69, 9.17) is 4.99 Å². The highest BCUT2D eigenvalue weighted by Crippen LogP contribution is 2.36. The van der Waals surface area contributed by atoms with Crippen molar-refractivity contribution in [2.24, 2.45) is 4.99 Å². The highest BCUT2D eigenvalue weighted by molar-refractivity contribution is 6.45. The number of rotatable bonds is 4. The number of amidine groups is 1. The molecule has 176 valence electrons. The second-order valence-electron chi connectivity index (χ2n) is 8.54. The van der Waals surface area contributed by atoms with Crippen LogP contribution in [0.5, 0.6) is 0 Å². The molecule has 1 atom stereocenters. The van der Waals surface area contributed by atoms with Gasteiger partial charge in [-0.1, -0.05) is 66.7 Å². The molecule has 0 radical (unpaired) electrons. The van der Waals surface area contributed by atoms with Crippen molar-refractivity contribution in [1.29, 1.82) is 0 Å². The summed E-state index contributed by atoms with van der Waals surface area (Å²) in [4.78, 5) is 43.9. The molecule has 0 fully saturated rings. The number of nitrogens with zero attached hydrogens (tertiary/aromatic N) is 3. The van der Waals surface area contributed by atoms with Crippen molar-refractivity contribution in [3.8, 4) is 0 Å². The number of para-hydroxylation sites is 2. The molecule has 2 amide bonds. The Hall–Kier alpha value is -4.98. The first kappa shape index (κ1) is 21.5. The summed E-state index contributed by atoms with van der Waals surface area (Å²) in [5, 5.41) is 3.70. The van der Waals surface area contributed by atoms with Crippen LogP contribution in [0.15, 0.2) is 102 Å². The number of H-pyrrole nitrogens is 2. The number of carbonyl (C=O) groups is 2. The predicted octanol–water partition coefficient (Wildman–Crippen LogP) is 4.36. The number of benzene rings is 3. The number of hydrogen-bond acceptors (Lipinski definition) is 4. The fourth-order valence-electron chi connectivity index (χ4n) is 4.50. The van der Waals surface area contributed by atoms with Gasteiger partial charge < -0.3 is 15.3 Å². The summed E-state index contributed by atoms with van der Waals surface area (Å²) in [6.45, 7) is 0.249. The second-order valence-corrected chi connectivity index (χ2v) is 8.54. The zero-order valence-corrected chi connectivity index (χ0v) is 19.2. The minimum Gasteiger partial charge on any atom is -0.351 e. The van der Waals surface area contributed by atoms with Crippen molar-refractivity contribution in [2.45, 2.75) is 12.6 Å². The average Bonchev–Trinajstić information content (AvgIpc) is 3.58. The largest absolute Gasteiger partial charge is 0.351 e.